The second kappa shape index (κ2) is 4.91. The Balaban J connectivity index is 2.80. The molecule has 0 aliphatic carbocycles. The molecular weight excluding hydrogens is 268 g/mol. The summed E-state index contributed by atoms with van der Waals surface area (Å²) in [4.78, 5) is 23.8. The molecule has 0 aliphatic heterocycles. The molecule has 4 N–H and O–H groups in total. The number of carbonyl (C=O) groups excluding carboxylic acids is 1. The average molecular weight is 288 g/mol. The second-order valence-electron chi connectivity index (χ2n) is 6.12. The number of carbonyl (C=O) groups is 1. The number of hydrogen-bond donors (Lipinski definition) is 2. The molecule has 1 aromatic carbocycles. The molecule has 1 heterocycles. The first-order valence-electron chi connectivity index (χ1n) is 6.83. The zero-order valence-electron chi connectivity index (χ0n) is 12.7. The number of rotatable bonds is 3. The van der Waals surface area contributed by atoms with Crippen LogP contribution in [0.25, 0.3) is 11.0 Å². The van der Waals surface area contributed by atoms with E-state index in [4.69, 9.17) is 15.9 Å². The van der Waals surface area contributed by atoms with Gasteiger partial charge in [0.1, 0.15) is 11.1 Å². The van der Waals surface area contributed by atoms with Crippen molar-refractivity contribution < 1.29 is 9.21 Å². The maximum Gasteiger partial charge on any atom is 0.258 e. The highest BCUT2D eigenvalue weighted by atomic mass is 16.3. The van der Waals surface area contributed by atoms with Crippen molar-refractivity contribution >= 4 is 22.8 Å². The van der Waals surface area contributed by atoms with Gasteiger partial charge in [-0.1, -0.05) is 33.8 Å². The average Bonchev–Trinajstić information content (AvgIpc) is 2.37. The van der Waals surface area contributed by atoms with Crippen LogP contribution in [0.3, 0.4) is 0 Å². The Bertz CT molecular complexity index is 773. The molecule has 0 bridgehead atoms. The van der Waals surface area contributed by atoms with Crippen molar-refractivity contribution in [3.63, 3.8) is 0 Å². The second-order valence-corrected chi connectivity index (χ2v) is 6.12. The Labute approximate surface area is 122 Å². The van der Waals surface area contributed by atoms with Crippen molar-refractivity contribution in [3.8, 4) is 0 Å². The van der Waals surface area contributed by atoms with Crippen LogP contribution < -0.4 is 16.9 Å². The summed E-state index contributed by atoms with van der Waals surface area (Å²) in [5.74, 6) is -0.737. The predicted molar refractivity (Wildman–Crippen MR) is 83.3 cm³/mol. The molecule has 5 heteroatoms. The van der Waals surface area contributed by atoms with Crippen LogP contribution in [0.15, 0.2) is 27.4 Å². The molecule has 1 amide bonds. The zero-order valence-corrected chi connectivity index (χ0v) is 12.7. The van der Waals surface area contributed by atoms with Crippen LogP contribution in [0.1, 0.15) is 43.6 Å². The van der Waals surface area contributed by atoms with Crippen LogP contribution >= 0.6 is 0 Å². The van der Waals surface area contributed by atoms with E-state index >= 15 is 0 Å². The molecule has 1 aromatic heterocycles. The van der Waals surface area contributed by atoms with Crippen molar-refractivity contribution in [3.05, 3.63) is 39.5 Å². The van der Waals surface area contributed by atoms with Crippen LogP contribution in [-0.4, -0.2) is 5.91 Å². The highest BCUT2D eigenvalue weighted by Gasteiger charge is 2.26. The Hall–Kier alpha value is -2.30. The van der Waals surface area contributed by atoms with Gasteiger partial charge in [0.2, 0.25) is 11.3 Å². The minimum atomic E-state index is -0.878. The molecule has 0 radical (unpaired) electrons. The van der Waals surface area contributed by atoms with E-state index in [1.165, 1.54) is 0 Å². The topological polar surface area (TPSA) is 99.3 Å². The molecule has 5 nitrogen and oxygen atoms in total. The van der Waals surface area contributed by atoms with Gasteiger partial charge in [0.05, 0.1) is 5.39 Å². The fourth-order valence-electron chi connectivity index (χ4n) is 2.18. The fraction of sp³-hybridized carbons (Fsp3) is 0.375. The molecule has 21 heavy (non-hydrogen) atoms. The Morgan fingerprint density at radius 1 is 1.29 bits per heavy atom. The van der Waals surface area contributed by atoms with Gasteiger partial charge in [-0.25, -0.2) is 0 Å². The summed E-state index contributed by atoms with van der Waals surface area (Å²) < 4.78 is 5.34. The standard InChI is InChI=1S/C16H20N2O3/c1-8(2)16(3,4)9-5-6-11-10(7-9)13(19)12(14(17)20)15(18)21-11/h5-8H,18H2,1-4H3,(H2,17,20). The lowest BCUT2D eigenvalue weighted by Gasteiger charge is -2.30. The van der Waals surface area contributed by atoms with E-state index in [1.807, 2.05) is 6.07 Å². The first-order chi connectivity index (χ1) is 9.66. The van der Waals surface area contributed by atoms with Gasteiger partial charge < -0.3 is 15.9 Å². The van der Waals surface area contributed by atoms with Crippen LogP contribution in [0, 0.1) is 5.92 Å². The third-order valence-corrected chi connectivity index (χ3v) is 4.35. The van der Waals surface area contributed by atoms with Crippen LogP contribution in [0.2, 0.25) is 0 Å². The summed E-state index contributed by atoms with van der Waals surface area (Å²) in [6.07, 6.45) is 0. The van der Waals surface area contributed by atoms with E-state index in [-0.39, 0.29) is 16.9 Å². The van der Waals surface area contributed by atoms with Crippen molar-refractivity contribution in [1.29, 1.82) is 0 Å². The third kappa shape index (κ3) is 2.39. The maximum absolute atomic E-state index is 12.4. The minimum absolute atomic E-state index is 0.116. The van der Waals surface area contributed by atoms with E-state index in [2.05, 4.69) is 27.7 Å². The first-order valence-corrected chi connectivity index (χ1v) is 6.83. The third-order valence-electron chi connectivity index (χ3n) is 4.35. The molecule has 0 unspecified atom stereocenters. The zero-order chi connectivity index (χ0) is 15.9. The number of hydrogen-bond acceptors (Lipinski definition) is 4. The minimum Gasteiger partial charge on any atom is -0.440 e. The lowest BCUT2D eigenvalue weighted by molar-refractivity contribution is 0.0999. The summed E-state index contributed by atoms with van der Waals surface area (Å²) in [5, 5.41) is 0.323. The van der Waals surface area contributed by atoms with Crippen molar-refractivity contribution in [2.75, 3.05) is 5.73 Å². The van der Waals surface area contributed by atoms with E-state index < -0.39 is 11.3 Å². The number of fused-ring (bicyclic) bond motifs is 1. The number of nitrogen functional groups attached to an aromatic ring is 1. The van der Waals surface area contributed by atoms with Gasteiger partial charge in [0, 0.05) is 0 Å². The van der Waals surface area contributed by atoms with E-state index in [1.54, 1.807) is 12.1 Å². The Morgan fingerprint density at radius 2 is 1.90 bits per heavy atom. The van der Waals surface area contributed by atoms with E-state index in [9.17, 15) is 9.59 Å². The molecular formula is C16H20N2O3. The maximum atomic E-state index is 12.4. The summed E-state index contributed by atoms with van der Waals surface area (Å²) in [6.45, 7) is 8.44. The Kier molecular flexibility index (Phi) is 3.53. The fourth-order valence-corrected chi connectivity index (χ4v) is 2.18. The highest BCUT2D eigenvalue weighted by Crippen LogP contribution is 2.33. The molecule has 0 saturated heterocycles. The van der Waals surface area contributed by atoms with Crippen molar-refractivity contribution in [2.45, 2.75) is 33.1 Å². The predicted octanol–water partition coefficient (Wildman–Crippen LogP) is 2.41. The lowest BCUT2D eigenvalue weighted by Crippen LogP contribution is -2.26. The smallest absolute Gasteiger partial charge is 0.258 e. The molecule has 112 valence electrons. The van der Waals surface area contributed by atoms with Gasteiger partial charge in [0.25, 0.3) is 5.91 Å². The Morgan fingerprint density at radius 3 is 2.43 bits per heavy atom. The normalized spacial score (nSPS) is 12.0. The number of primary amides is 1. The van der Waals surface area contributed by atoms with Gasteiger partial charge >= 0.3 is 0 Å². The number of anilines is 1. The number of benzene rings is 1. The van der Waals surface area contributed by atoms with Gasteiger partial charge in [-0.3, -0.25) is 9.59 Å². The van der Waals surface area contributed by atoms with Gasteiger partial charge in [0.15, 0.2) is 0 Å². The van der Waals surface area contributed by atoms with Crippen LogP contribution in [-0.2, 0) is 5.41 Å². The van der Waals surface area contributed by atoms with Crippen LogP contribution in [0.5, 0.6) is 0 Å². The summed E-state index contributed by atoms with van der Waals surface area (Å²) in [5.41, 5.74) is 11.3. The molecule has 0 aliphatic rings. The largest absolute Gasteiger partial charge is 0.440 e. The number of amides is 1. The highest BCUT2D eigenvalue weighted by molar-refractivity contribution is 5.99. The lowest BCUT2D eigenvalue weighted by atomic mass is 9.75. The summed E-state index contributed by atoms with van der Waals surface area (Å²) >= 11 is 0. The van der Waals surface area contributed by atoms with E-state index in [0.717, 1.165) is 5.56 Å². The molecule has 2 aromatic rings. The van der Waals surface area contributed by atoms with Gasteiger partial charge in [-0.2, -0.15) is 0 Å². The van der Waals surface area contributed by atoms with Gasteiger partial charge in [-0.15, -0.1) is 0 Å². The molecule has 2 rings (SSSR count). The van der Waals surface area contributed by atoms with Gasteiger partial charge in [-0.05, 0) is 29.0 Å². The quantitative estimate of drug-likeness (QED) is 0.905. The first kappa shape index (κ1) is 15.1. The van der Waals surface area contributed by atoms with Crippen LogP contribution in [0.4, 0.5) is 5.88 Å². The van der Waals surface area contributed by atoms with Crippen molar-refractivity contribution in [1.82, 2.24) is 0 Å². The monoisotopic (exact) mass is 288 g/mol. The van der Waals surface area contributed by atoms with Crippen molar-refractivity contribution in [2.24, 2.45) is 11.7 Å². The SMILES string of the molecule is CC(C)C(C)(C)c1ccc2oc(N)c(C(N)=O)c(=O)c2c1. The molecule has 0 atom stereocenters. The molecule has 0 saturated carbocycles. The molecule has 0 fully saturated rings. The molecule has 0 spiro atoms. The number of nitrogens with two attached hydrogens (primary N) is 2. The van der Waals surface area contributed by atoms with E-state index in [0.29, 0.717) is 16.9 Å². The summed E-state index contributed by atoms with van der Waals surface area (Å²) in [6, 6.07) is 5.37. The summed E-state index contributed by atoms with van der Waals surface area (Å²) in [7, 11) is 0.